The molecule has 1 aliphatic rings. The van der Waals surface area contributed by atoms with Crippen molar-refractivity contribution in [3.8, 4) is 0 Å². The SMILES string of the molecule is N[C-]1CCCCCCCCCCC1.[Ti]. The van der Waals surface area contributed by atoms with Gasteiger partial charge in [-0.25, -0.2) is 0 Å². The van der Waals surface area contributed by atoms with Crippen molar-refractivity contribution in [3.63, 3.8) is 0 Å². The molecule has 1 aliphatic carbocycles. The Kier molecular flexibility index (Phi) is 10.7. The summed E-state index contributed by atoms with van der Waals surface area (Å²) >= 11 is 0. The van der Waals surface area contributed by atoms with Crippen molar-refractivity contribution < 1.29 is 21.7 Å². The van der Waals surface area contributed by atoms with Gasteiger partial charge >= 0.3 is 0 Å². The average molecular weight is 230 g/mol. The summed E-state index contributed by atoms with van der Waals surface area (Å²) in [5.41, 5.74) is 5.93. The van der Waals surface area contributed by atoms with Crippen LogP contribution < -0.4 is 5.73 Å². The van der Waals surface area contributed by atoms with Gasteiger partial charge in [-0.3, -0.25) is 6.04 Å². The second-order valence-corrected chi connectivity index (χ2v) is 4.34. The Morgan fingerprint density at radius 2 is 0.857 bits per heavy atom. The number of nitrogens with two attached hydrogens (primary N) is 1. The molecule has 1 rings (SSSR count). The Morgan fingerprint density at radius 3 is 1.21 bits per heavy atom. The third-order valence-corrected chi connectivity index (χ3v) is 3.00. The van der Waals surface area contributed by atoms with Crippen LogP contribution >= 0.6 is 0 Å². The van der Waals surface area contributed by atoms with E-state index in [0.29, 0.717) is 0 Å². The predicted molar refractivity (Wildman–Crippen MR) is 58.2 cm³/mol. The normalized spacial score (nSPS) is 22.9. The van der Waals surface area contributed by atoms with Gasteiger partial charge in [0, 0.05) is 21.7 Å². The first-order valence-electron chi connectivity index (χ1n) is 6.00. The monoisotopic (exact) mass is 230 g/mol. The van der Waals surface area contributed by atoms with Gasteiger partial charge in [-0.15, -0.1) is 0 Å². The second-order valence-electron chi connectivity index (χ2n) is 4.34. The van der Waals surface area contributed by atoms with E-state index in [0.717, 1.165) is 0 Å². The first-order valence-corrected chi connectivity index (χ1v) is 6.00. The molecule has 2 N–H and O–H groups in total. The van der Waals surface area contributed by atoms with Crippen LogP contribution in [0.5, 0.6) is 0 Å². The van der Waals surface area contributed by atoms with E-state index in [1.807, 2.05) is 0 Å². The molecule has 0 radical (unpaired) electrons. The Balaban J connectivity index is 0.00000169. The summed E-state index contributed by atoms with van der Waals surface area (Å²) in [7, 11) is 0. The maximum Gasteiger partial charge on any atom is 0 e. The second kappa shape index (κ2) is 10.2. The molecule has 0 bridgehead atoms. The molecular formula is C12H24NTi-. The number of rotatable bonds is 0. The maximum atomic E-state index is 5.93. The quantitative estimate of drug-likeness (QED) is 0.497. The first-order chi connectivity index (χ1) is 6.39. The van der Waals surface area contributed by atoms with Gasteiger partial charge in [0.1, 0.15) is 0 Å². The molecule has 0 spiro atoms. The summed E-state index contributed by atoms with van der Waals surface area (Å²) < 4.78 is 0. The fourth-order valence-corrected chi connectivity index (χ4v) is 2.07. The summed E-state index contributed by atoms with van der Waals surface area (Å²) in [6, 6.07) is 1.25. The average Bonchev–Trinajstić information content (AvgIpc) is 2.11. The van der Waals surface area contributed by atoms with Crippen LogP contribution in [0.1, 0.15) is 70.6 Å². The van der Waals surface area contributed by atoms with Crippen LogP contribution in [0.15, 0.2) is 0 Å². The molecule has 14 heavy (non-hydrogen) atoms. The van der Waals surface area contributed by atoms with Crippen LogP contribution in [0.4, 0.5) is 0 Å². The van der Waals surface area contributed by atoms with E-state index in [4.69, 9.17) is 5.73 Å². The van der Waals surface area contributed by atoms with Gasteiger partial charge in [0.25, 0.3) is 0 Å². The molecule has 1 fully saturated rings. The van der Waals surface area contributed by atoms with Gasteiger partial charge < -0.3 is 5.73 Å². The molecule has 0 aromatic carbocycles. The van der Waals surface area contributed by atoms with Crippen LogP contribution in [-0.2, 0) is 21.7 Å². The molecule has 0 saturated heterocycles. The zero-order valence-corrected chi connectivity index (χ0v) is 10.9. The molecule has 0 aromatic rings. The number of hydrogen-bond donors (Lipinski definition) is 1. The van der Waals surface area contributed by atoms with Gasteiger partial charge in [0.15, 0.2) is 0 Å². The van der Waals surface area contributed by atoms with Crippen molar-refractivity contribution in [1.82, 2.24) is 0 Å². The Morgan fingerprint density at radius 1 is 0.571 bits per heavy atom. The minimum absolute atomic E-state index is 0. The van der Waals surface area contributed by atoms with E-state index in [-0.39, 0.29) is 21.7 Å². The molecule has 0 aliphatic heterocycles. The van der Waals surface area contributed by atoms with Gasteiger partial charge in [-0.2, -0.15) is 12.8 Å². The molecule has 0 amide bonds. The molecular weight excluding hydrogens is 206 g/mol. The molecule has 2 heteroatoms. The summed E-state index contributed by atoms with van der Waals surface area (Å²) in [6.07, 6.45) is 15.0. The van der Waals surface area contributed by atoms with E-state index >= 15 is 0 Å². The van der Waals surface area contributed by atoms with Crippen LogP contribution in [-0.4, -0.2) is 0 Å². The third kappa shape index (κ3) is 8.02. The van der Waals surface area contributed by atoms with Gasteiger partial charge in [0.2, 0.25) is 0 Å². The van der Waals surface area contributed by atoms with Gasteiger partial charge in [0.05, 0.1) is 0 Å². The topological polar surface area (TPSA) is 26.0 Å². The number of hydrogen-bond acceptors (Lipinski definition) is 1. The Bertz CT molecular complexity index is 105. The van der Waals surface area contributed by atoms with E-state index < -0.39 is 0 Å². The zero-order chi connectivity index (χ0) is 9.36. The van der Waals surface area contributed by atoms with Crippen molar-refractivity contribution in [2.75, 3.05) is 0 Å². The molecule has 0 heterocycles. The van der Waals surface area contributed by atoms with Crippen molar-refractivity contribution in [2.24, 2.45) is 5.73 Å². The van der Waals surface area contributed by atoms with Crippen LogP contribution in [0.25, 0.3) is 0 Å². The van der Waals surface area contributed by atoms with E-state index in [9.17, 15) is 0 Å². The van der Waals surface area contributed by atoms with Crippen LogP contribution in [0.2, 0.25) is 0 Å². The van der Waals surface area contributed by atoms with Crippen molar-refractivity contribution in [2.45, 2.75) is 70.6 Å². The molecule has 82 valence electrons. The minimum Gasteiger partial charge on any atom is -0.480 e. The van der Waals surface area contributed by atoms with Crippen molar-refractivity contribution in [3.05, 3.63) is 6.04 Å². The summed E-state index contributed by atoms with van der Waals surface area (Å²) in [5, 5.41) is 0. The van der Waals surface area contributed by atoms with Crippen LogP contribution in [0, 0.1) is 6.04 Å². The third-order valence-electron chi connectivity index (χ3n) is 3.00. The smallest absolute Gasteiger partial charge is 0 e. The summed E-state index contributed by atoms with van der Waals surface area (Å²) in [6.45, 7) is 0. The van der Waals surface area contributed by atoms with E-state index in [2.05, 4.69) is 0 Å². The maximum absolute atomic E-state index is 5.93. The Labute approximate surface area is 104 Å². The Hall–Kier alpha value is 0.674. The fraction of sp³-hybridized carbons (Fsp3) is 0.917. The largest absolute Gasteiger partial charge is 0.480 e. The molecule has 1 nitrogen and oxygen atoms in total. The summed E-state index contributed by atoms with van der Waals surface area (Å²) in [4.78, 5) is 0. The van der Waals surface area contributed by atoms with Crippen LogP contribution in [0.3, 0.4) is 0 Å². The summed E-state index contributed by atoms with van der Waals surface area (Å²) in [5.74, 6) is 0. The molecule has 0 aromatic heterocycles. The first kappa shape index (κ1) is 14.7. The molecule has 0 unspecified atom stereocenters. The van der Waals surface area contributed by atoms with Gasteiger partial charge in [-0.05, 0) is 0 Å². The standard InChI is InChI=1S/C12H24N.Ti/c13-12-10-8-6-4-2-1-3-5-7-9-11-12;/h1-11,13H2;/q-1;. The fourth-order valence-electron chi connectivity index (χ4n) is 2.07. The zero-order valence-electron chi connectivity index (χ0n) is 9.36. The predicted octanol–water partition coefficient (Wildman–Crippen LogP) is 3.78. The van der Waals surface area contributed by atoms with Crippen molar-refractivity contribution in [1.29, 1.82) is 0 Å². The van der Waals surface area contributed by atoms with Crippen molar-refractivity contribution >= 4 is 0 Å². The van der Waals surface area contributed by atoms with Gasteiger partial charge in [-0.1, -0.05) is 57.8 Å². The minimum atomic E-state index is 0. The van der Waals surface area contributed by atoms with E-state index in [1.54, 1.807) is 0 Å². The van der Waals surface area contributed by atoms with E-state index in [1.165, 1.54) is 76.7 Å². The molecule has 0 atom stereocenters. The molecule has 1 saturated carbocycles.